The van der Waals surface area contributed by atoms with Gasteiger partial charge in [0, 0.05) is 117 Å². The van der Waals surface area contributed by atoms with Gasteiger partial charge in [-0.1, -0.05) is 23.8 Å². The van der Waals surface area contributed by atoms with Gasteiger partial charge >= 0.3 is 11.9 Å². The van der Waals surface area contributed by atoms with Gasteiger partial charge < -0.3 is 60.0 Å². The van der Waals surface area contributed by atoms with Crippen molar-refractivity contribution in [2.45, 2.75) is 46.5 Å². The molecule has 3 aromatic heterocycles. The number of aliphatic carboxylic acids is 2. The fraction of sp³-hybridized carbons (Fsp3) is 0.353. The summed E-state index contributed by atoms with van der Waals surface area (Å²) in [7, 11) is 24.2. The third-order valence-electron chi connectivity index (χ3n) is 14.4. The van der Waals surface area contributed by atoms with Gasteiger partial charge in [-0.3, -0.25) is 19.2 Å². The van der Waals surface area contributed by atoms with Crippen LogP contribution in [-0.4, -0.2) is 192 Å². The molecule has 0 fully saturated rings. The van der Waals surface area contributed by atoms with Crippen LogP contribution in [-0.2, 0) is 20.8 Å². The smallest absolute Gasteiger partial charge is 0.307 e. The van der Waals surface area contributed by atoms with Gasteiger partial charge in [0.1, 0.15) is 17.2 Å². The van der Waals surface area contributed by atoms with Crippen LogP contribution in [0.25, 0.3) is 40.0 Å². The van der Waals surface area contributed by atoms with E-state index in [0.29, 0.717) is 42.1 Å². The molecule has 0 unspecified atom stereocenters. The molecule has 0 saturated heterocycles. The summed E-state index contributed by atoms with van der Waals surface area (Å²) in [6.45, 7) is 9.18. The number of aldehydes is 1. The molecule has 0 atom stereocenters. The maximum Gasteiger partial charge on any atom is 0.307 e. The summed E-state index contributed by atoms with van der Waals surface area (Å²) in [6, 6.07) is 17.6. The number of hydrogen-bond acceptors (Lipinski definition) is 19. The Labute approximate surface area is 529 Å². The quantitative estimate of drug-likeness (QED) is 0.0521. The van der Waals surface area contributed by atoms with E-state index < -0.39 is 11.9 Å². The molecule has 0 saturated carbocycles. The number of rotatable bonds is 20. The summed E-state index contributed by atoms with van der Waals surface area (Å²) in [5.74, 6) is 2.55. The molecule has 0 spiro atoms. The second-order valence-corrected chi connectivity index (χ2v) is 22.4. The van der Waals surface area contributed by atoms with E-state index in [0.717, 1.165) is 127 Å². The van der Waals surface area contributed by atoms with Gasteiger partial charge in [-0.05, 0) is 176 Å². The fourth-order valence-corrected chi connectivity index (χ4v) is 9.65. The van der Waals surface area contributed by atoms with Crippen LogP contribution in [0.5, 0.6) is 17.2 Å². The zero-order valence-corrected chi connectivity index (χ0v) is 54.8. The number of anilines is 3. The number of hydrogen-bond donors (Lipinski definition) is 4. The highest BCUT2D eigenvalue weighted by atomic mass is 16.5. The molecule has 1 amide bonds. The van der Waals surface area contributed by atoms with Crippen LogP contribution >= 0.6 is 0 Å². The highest BCUT2D eigenvalue weighted by molar-refractivity contribution is 6.09. The minimum atomic E-state index is -0.854. The van der Waals surface area contributed by atoms with E-state index in [4.69, 9.17) is 25.1 Å². The monoisotopic (exact) mass is 1230 g/mol. The molecule has 22 nitrogen and oxygen atoms in total. The number of ether oxygens (including phenoxy) is 3. The Morgan fingerprint density at radius 1 is 0.522 bits per heavy atom. The molecule has 478 valence electrons. The SMILES string of the molecule is CN(C)CCN.CN(C)c1ncc(C=O)cn1.COc1ccc2c(c1)C(CC(=O)NCCN(C)C)=C(C)/C2=C/c1cnc(N(C)C)nc1.COc1ccc2c(c1)C(CC(=O)O)=C(C)/C2=C/c1cnc(N(C)C)nc1.COc1ccc2c(c1)C(CC(=O)O)=C(C)C2. The van der Waals surface area contributed by atoms with E-state index in [1.165, 1.54) is 18.0 Å². The van der Waals surface area contributed by atoms with E-state index in [9.17, 15) is 24.3 Å². The first-order valence-electron chi connectivity index (χ1n) is 29.0. The zero-order chi connectivity index (χ0) is 66.4. The molecule has 5 N–H and O–H groups in total. The molecule has 0 bridgehead atoms. The Kier molecular flexibility index (Phi) is 27.0. The highest BCUT2D eigenvalue weighted by Gasteiger charge is 2.28. The van der Waals surface area contributed by atoms with Crippen molar-refractivity contribution in [2.24, 2.45) is 5.73 Å². The summed E-state index contributed by atoms with van der Waals surface area (Å²) in [5, 5.41) is 21.2. The Bertz CT molecular complexity index is 3610. The first kappa shape index (κ1) is 71.1. The standard InChI is InChI=1S/C24H31N5O2.C20H21N3O3.C13H14O3.C7H9N3O.C4H12N2/c1-16-20(11-17-14-26-24(27-15-17)29(4)5)19-8-7-18(31-6)12-22(19)21(16)13-23(30)25-9-10-28(2)3;1-12-16(7-13-10-21-20(22-11-13)23(2)3)15-6-5-14(26-4)8-18(15)17(12)9-19(24)25;1-8-5-9-3-4-10(16-2)6-12(9)11(8)7-13(14)15;1-10(2)7-8-3-6(5-11)4-9-7;1-6(2)4-3-5/h7-8,11-12,14-15H,9-10,13H2,1-6H3,(H,25,30);5-8,10-11H,9H2,1-4H3,(H,24,25);3-4,6H,5,7H2,1-2H3,(H,14,15);3-5H,1-2H3;3-5H2,1-2H3/b20-11-;16-7-;;;. The van der Waals surface area contributed by atoms with Crippen molar-refractivity contribution >= 4 is 82.0 Å². The Hall–Kier alpha value is -9.64. The van der Waals surface area contributed by atoms with Crippen LogP contribution < -0.4 is 40.0 Å². The maximum atomic E-state index is 12.6. The van der Waals surface area contributed by atoms with E-state index in [1.54, 1.807) is 38.6 Å². The van der Waals surface area contributed by atoms with Crippen LogP contribution in [0.3, 0.4) is 0 Å². The molecule has 22 heteroatoms. The summed E-state index contributed by atoms with van der Waals surface area (Å²) in [5.41, 5.74) is 21.7. The molecule has 3 aliphatic rings. The summed E-state index contributed by atoms with van der Waals surface area (Å²) in [6.07, 6.45) is 16.2. The van der Waals surface area contributed by atoms with Crippen LogP contribution in [0, 0.1) is 0 Å². The molecule has 90 heavy (non-hydrogen) atoms. The van der Waals surface area contributed by atoms with E-state index in [2.05, 4.69) is 59.2 Å². The minimum Gasteiger partial charge on any atom is -0.497 e. The van der Waals surface area contributed by atoms with Crippen molar-refractivity contribution in [3.8, 4) is 17.2 Å². The van der Waals surface area contributed by atoms with Crippen LogP contribution in [0.1, 0.15) is 94.9 Å². The number of carboxylic acid groups (broad SMARTS) is 2. The number of amides is 1. The first-order valence-corrected chi connectivity index (χ1v) is 29.0. The number of fused-ring (bicyclic) bond motifs is 3. The third-order valence-corrected chi connectivity index (χ3v) is 14.4. The van der Waals surface area contributed by atoms with Gasteiger partial charge in [-0.15, -0.1) is 0 Å². The van der Waals surface area contributed by atoms with Crippen molar-refractivity contribution in [2.75, 3.05) is 133 Å². The predicted octanol–water partition coefficient (Wildman–Crippen LogP) is 8.66. The van der Waals surface area contributed by atoms with E-state index >= 15 is 0 Å². The van der Waals surface area contributed by atoms with Crippen LogP contribution in [0.4, 0.5) is 17.8 Å². The number of nitrogens with one attached hydrogen (secondary N) is 1. The number of allylic oxidation sites excluding steroid dienone is 5. The number of aromatic nitrogens is 6. The second-order valence-electron chi connectivity index (χ2n) is 22.4. The molecule has 0 radical (unpaired) electrons. The third kappa shape index (κ3) is 20.2. The number of carboxylic acids is 2. The molecular formula is C68H87N13O9. The van der Waals surface area contributed by atoms with Crippen molar-refractivity contribution in [1.29, 1.82) is 0 Å². The number of benzene rings is 3. The second kappa shape index (κ2) is 34.2. The number of methoxy groups -OCH3 is 3. The Morgan fingerprint density at radius 2 is 0.900 bits per heavy atom. The molecule has 3 aromatic carbocycles. The summed E-state index contributed by atoms with van der Waals surface area (Å²) >= 11 is 0. The number of carbonyl (C=O) groups excluding carboxylic acids is 2. The summed E-state index contributed by atoms with van der Waals surface area (Å²) < 4.78 is 15.9. The van der Waals surface area contributed by atoms with Crippen molar-refractivity contribution in [3.05, 3.63) is 159 Å². The summed E-state index contributed by atoms with van der Waals surface area (Å²) in [4.78, 5) is 79.9. The number of nitrogens with zero attached hydrogens (tertiary/aromatic N) is 11. The average Bonchev–Trinajstić information content (AvgIpc) is 1.65. The molecule has 3 aliphatic carbocycles. The molecular weight excluding hydrogens is 1140 g/mol. The van der Waals surface area contributed by atoms with Gasteiger partial charge in [0.05, 0.1) is 46.2 Å². The maximum absolute atomic E-state index is 12.6. The Balaban J connectivity index is 0.000000223. The predicted molar refractivity (Wildman–Crippen MR) is 359 cm³/mol. The van der Waals surface area contributed by atoms with Crippen LogP contribution in [0.15, 0.2) is 108 Å². The fourth-order valence-electron chi connectivity index (χ4n) is 9.65. The Morgan fingerprint density at radius 3 is 1.26 bits per heavy atom. The first-order chi connectivity index (χ1) is 42.8. The lowest BCUT2D eigenvalue weighted by molar-refractivity contribution is -0.136. The largest absolute Gasteiger partial charge is 0.497 e. The van der Waals surface area contributed by atoms with Gasteiger partial charge in [0.25, 0.3) is 0 Å². The lowest BCUT2D eigenvalue weighted by Crippen LogP contribution is -2.31. The zero-order valence-electron chi connectivity index (χ0n) is 54.8. The average molecular weight is 1230 g/mol. The van der Waals surface area contributed by atoms with E-state index in [-0.39, 0.29) is 18.7 Å². The number of likely N-dealkylation sites (N-methyl/N-ethyl adjacent to an activating group) is 2. The van der Waals surface area contributed by atoms with Crippen molar-refractivity contribution < 1.29 is 43.6 Å². The normalized spacial score (nSPS) is 13.4. The lowest BCUT2D eigenvalue weighted by Gasteiger charge is -2.12. The van der Waals surface area contributed by atoms with Gasteiger partial charge in [0.15, 0.2) is 6.29 Å². The van der Waals surface area contributed by atoms with Crippen molar-refractivity contribution in [1.82, 2.24) is 45.0 Å². The lowest BCUT2D eigenvalue weighted by atomic mass is 10.0. The molecule has 0 aliphatic heterocycles. The molecule has 3 heterocycles. The van der Waals surface area contributed by atoms with Gasteiger partial charge in [-0.2, -0.15) is 0 Å². The highest BCUT2D eigenvalue weighted by Crippen LogP contribution is 2.46. The molecule has 6 aromatic rings. The van der Waals surface area contributed by atoms with Crippen molar-refractivity contribution in [3.63, 3.8) is 0 Å². The number of nitrogens with two attached hydrogens (primary N) is 1. The van der Waals surface area contributed by atoms with Gasteiger partial charge in [-0.25, -0.2) is 29.9 Å². The van der Waals surface area contributed by atoms with Crippen LogP contribution in [0.2, 0.25) is 0 Å². The molecule has 9 rings (SSSR count). The van der Waals surface area contributed by atoms with Gasteiger partial charge in [0.2, 0.25) is 23.8 Å². The topological polar surface area (TPSA) is 268 Å². The number of carbonyl (C=O) groups is 4. The minimum absolute atomic E-state index is 0.0184. The van der Waals surface area contributed by atoms with E-state index in [1.807, 2.05) is 166 Å².